The minimum atomic E-state index is -4.70. The van der Waals surface area contributed by atoms with E-state index in [0.717, 1.165) is 12.3 Å². The number of nitrogens with zero attached hydrogens (tertiary/aromatic N) is 1. The van der Waals surface area contributed by atoms with Gasteiger partial charge in [0, 0.05) is 0 Å². The molecular formula is C8H4F3NO. The van der Waals surface area contributed by atoms with Crippen LogP contribution < -0.4 is 4.74 Å². The molecule has 5 heteroatoms. The van der Waals surface area contributed by atoms with Crippen molar-refractivity contribution in [2.24, 2.45) is 0 Å². The van der Waals surface area contributed by atoms with Gasteiger partial charge in [0.1, 0.15) is 11.4 Å². The fraction of sp³-hybridized carbons (Fsp3) is 0.125. The third kappa shape index (κ3) is 3.03. The third-order valence-electron chi connectivity index (χ3n) is 1.12. The van der Waals surface area contributed by atoms with Crippen LogP contribution >= 0.6 is 0 Å². The highest BCUT2D eigenvalue weighted by molar-refractivity contribution is 5.28. The predicted molar refractivity (Wildman–Crippen MR) is 38.9 cm³/mol. The quantitative estimate of drug-likeness (QED) is 0.627. The Hall–Kier alpha value is -1.70. The first-order valence-corrected chi connectivity index (χ1v) is 3.20. The second kappa shape index (κ2) is 3.35. The minimum Gasteiger partial charge on any atom is -0.404 e. The van der Waals surface area contributed by atoms with Gasteiger partial charge in [-0.3, -0.25) is 0 Å². The molecule has 0 aliphatic heterocycles. The van der Waals surface area contributed by atoms with E-state index in [4.69, 9.17) is 6.42 Å². The molecule has 0 spiro atoms. The highest BCUT2D eigenvalue weighted by atomic mass is 19.4. The molecule has 0 N–H and O–H groups in total. The Labute approximate surface area is 72.4 Å². The summed E-state index contributed by atoms with van der Waals surface area (Å²) in [7, 11) is 0. The molecule has 0 unspecified atom stereocenters. The molecule has 0 amide bonds. The van der Waals surface area contributed by atoms with Gasteiger partial charge in [-0.2, -0.15) is 0 Å². The van der Waals surface area contributed by atoms with E-state index >= 15 is 0 Å². The standard InChI is InChI=1S/C8H4F3NO/c1-2-6-3-4-7(5-12-6)13-8(9,10)11/h1,3-5H. The Morgan fingerprint density at radius 2 is 2.08 bits per heavy atom. The molecular weight excluding hydrogens is 183 g/mol. The van der Waals surface area contributed by atoms with Gasteiger partial charge in [-0.15, -0.1) is 19.6 Å². The molecule has 0 bridgehead atoms. The number of alkyl halides is 3. The Morgan fingerprint density at radius 1 is 1.38 bits per heavy atom. The first-order valence-electron chi connectivity index (χ1n) is 3.20. The van der Waals surface area contributed by atoms with Crippen molar-refractivity contribution < 1.29 is 17.9 Å². The van der Waals surface area contributed by atoms with Crippen LogP contribution in [-0.2, 0) is 0 Å². The molecule has 0 fully saturated rings. The number of pyridine rings is 1. The smallest absolute Gasteiger partial charge is 0.404 e. The van der Waals surface area contributed by atoms with Gasteiger partial charge in [0.15, 0.2) is 0 Å². The molecule has 0 aromatic carbocycles. The third-order valence-corrected chi connectivity index (χ3v) is 1.12. The summed E-state index contributed by atoms with van der Waals surface area (Å²) in [6.07, 6.45) is 1.18. The summed E-state index contributed by atoms with van der Waals surface area (Å²) in [5.74, 6) is 1.79. The number of hydrogen-bond acceptors (Lipinski definition) is 2. The molecule has 13 heavy (non-hydrogen) atoms. The highest BCUT2D eigenvalue weighted by Crippen LogP contribution is 2.21. The van der Waals surface area contributed by atoms with E-state index < -0.39 is 6.36 Å². The van der Waals surface area contributed by atoms with Gasteiger partial charge in [-0.1, -0.05) is 5.92 Å². The fourth-order valence-electron chi connectivity index (χ4n) is 0.660. The van der Waals surface area contributed by atoms with Crippen LogP contribution in [0.2, 0.25) is 0 Å². The van der Waals surface area contributed by atoms with E-state index in [1.165, 1.54) is 6.07 Å². The number of hydrogen-bond donors (Lipinski definition) is 0. The molecule has 0 radical (unpaired) electrons. The van der Waals surface area contributed by atoms with Crippen molar-refractivity contribution in [2.45, 2.75) is 6.36 Å². The van der Waals surface area contributed by atoms with E-state index in [2.05, 4.69) is 15.6 Å². The number of aromatic nitrogens is 1. The maximum absolute atomic E-state index is 11.6. The number of ether oxygens (including phenoxy) is 1. The van der Waals surface area contributed by atoms with Crippen LogP contribution in [-0.4, -0.2) is 11.3 Å². The summed E-state index contributed by atoms with van der Waals surface area (Å²) in [6.45, 7) is 0. The zero-order valence-corrected chi connectivity index (χ0v) is 6.30. The lowest BCUT2D eigenvalue weighted by molar-refractivity contribution is -0.274. The first-order chi connectivity index (χ1) is 6.01. The monoisotopic (exact) mass is 187 g/mol. The van der Waals surface area contributed by atoms with Crippen LogP contribution in [0, 0.1) is 12.3 Å². The molecule has 68 valence electrons. The number of halogens is 3. The second-order valence-electron chi connectivity index (χ2n) is 2.07. The minimum absolute atomic E-state index is 0.259. The average molecular weight is 187 g/mol. The van der Waals surface area contributed by atoms with E-state index in [9.17, 15) is 13.2 Å². The summed E-state index contributed by atoms with van der Waals surface area (Å²) in [6, 6.07) is 2.37. The molecule has 1 aromatic rings. The summed E-state index contributed by atoms with van der Waals surface area (Å²) in [5, 5.41) is 0. The molecule has 0 atom stereocenters. The fourth-order valence-corrected chi connectivity index (χ4v) is 0.660. The Bertz CT molecular complexity index is 323. The lowest BCUT2D eigenvalue weighted by atomic mass is 10.3. The molecule has 0 aliphatic rings. The largest absolute Gasteiger partial charge is 0.573 e. The van der Waals surface area contributed by atoms with Crippen molar-refractivity contribution in [1.29, 1.82) is 0 Å². The van der Waals surface area contributed by atoms with Crippen LogP contribution in [0.25, 0.3) is 0 Å². The number of rotatable bonds is 1. The molecule has 0 aliphatic carbocycles. The van der Waals surface area contributed by atoms with Crippen molar-refractivity contribution in [2.75, 3.05) is 0 Å². The van der Waals surface area contributed by atoms with Crippen LogP contribution in [0.15, 0.2) is 18.3 Å². The van der Waals surface area contributed by atoms with E-state index in [0.29, 0.717) is 0 Å². The van der Waals surface area contributed by atoms with Gasteiger partial charge < -0.3 is 4.74 Å². The zero-order chi connectivity index (χ0) is 9.90. The second-order valence-corrected chi connectivity index (χ2v) is 2.07. The van der Waals surface area contributed by atoms with Gasteiger partial charge in [-0.05, 0) is 12.1 Å². The Morgan fingerprint density at radius 3 is 2.46 bits per heavy atom. The molecule has 1 heterocycles. The number of terminal acetylenes is 1. The first kappa shape index (κ1) is 9.39. The average Bonchev–Trinajstić information content (AvgIpc) is 2.03. The van der Waals surface area contributed by atoms with Gasteiger partial charge in [0.2, 0.25) is 0 Å². The normalized spacial score (nSPS) is 10.6. The highest BCUT2D eigenvalue weighted by Gasteiger charge is 2.31. The van der Waals surface area contributed by atoms with Gasteiger partial charge >= 0.3 is 6.36 Å². The van der Waals surface area contributed by atoms with E-state index in [1.807, 2.05) is 0 Å². The van der Waals surface area contributed by atoms with Gasteiger partial charge in [-0.25, -0.2) is 4.98 Å². The van der Waals surface area contributed by atoms with Crippen molar-refractivity contribution in [3.05, 3.63) is 24.0 Å². The molecule has 0 saturated carbocycles. The zero-order valence-electron chi connectivity index (χ0n) is 6.30. The predicted octanol–water partition coefficient (Wildman–Crippen LogP) is 1.96. The molecule has 1 rings (SSSR count). The Kier molecular flexibility index (Phi) is 2.42. The maximum atomic E-state index is 11.6. The van der Waals surface area contributed by atoms with Crippen molar-refractivity contribution in [3.8, 4) is 18.1 Å². The lowest BCUT2D eigenvalue weighted by Gasteiger charge is -2.07. The molecule has 1 aromatic heterocycles. The summed E-state index contributed by atoms with van der Waals surface area (Å²) < 4.78 is 38.5. The summed E-state index contributed by atoms with van der Waals surface area (Å²) in [4.78, 5) is 3.52. The van der Waals surface area contributed by atoms with Crippen molar-refractivity contribution >= 4 is 0 Å². The maximum Gasteiger partial charge on any atom is 0.573 e. The molecule has 0 saturated heterocycles. The van der Waals surface area contributed by atoms with Gasteiger partial charge in [0.25, 0.3) is 0 Å². The summed E-state index contributed by atoms with van der Waals surface area (Å²) in [5.41, 5.74) is 0.259. The van der Waals surface area contributed by atoms with Crippen LogP contribution in [0.3, 0.4) is 0 Å². The van der Waals surface area contributed by atoms with Crippen molar-refractivity contribution in [1.82, 2.24) is 4.98 Å². The summed E-state index contributed by atoms with van der Waals surface area (Å²) >= 11 is 0. The lowest BCUT2D eigenvalue weighted by Crippen LogP contribution is -2.17. The Balaban J connectivity index is 2.77. The van der Waals surface area contributed by atoms with E-state index in [-0.39, 0.29) is 11.4 Å². The van der Waals surface area contributed by atoms with Crippen LogP contribution in [0.4, 0.5) is 13.2 Å². The van der Waals surface area contributed by atoms with Crippen LogP contribution in [0.5, 0.6) is 5.75 Å². The molecule has 2 nitrogen and oxygen atoms in total. The topological polar surface area (TPSA) is 22.1 Å². The van der Waals surface area contributed by atoms with Crippen molar-refractivity contribution in [3.63, 3.8) is 0 Å². The van der Waals surface area contributed by atoms with Gasteiger partial charge in [0.05, 0.1) is 6.20 Å². The SMILES string of the molecule is C#Cc1ccc(OC(F)(F)F)cn1. The van der Waals surface area contributed by atoms with E-state index in [1.54, 1.807) is 0 Å². The van der Waals surface area contributed by atoms with Crippen LogP contribution in [0.1, 0.15) is 5.69 Å².